The van der Waals surface area contributed by atoms with Crippen molar-refractivity contribution >= 4 is 26.6 Å². The maximum atomic E-state index is 12.2. The number of nitrogens with zero attached hydrogens (tertiary/aromatic N) is 2. The van der Waals surface area contributed by atoms with Crippen molar-refractivity contribution in [1.82, 2.24) is 9.71 Å². The maximum Gasteiger partial charge on any atom is 0.270 e. The van der Waals surface area contributed by atoms with E-state index in [1.807, 2.05) is 24.3 Å². The molecule has 0 spiro atoms. The largest absolute Gasteiger partial charge is 0.479 e. The van der Waals surface area contributed by atoms with E-state index in [-0.39, 0.29) is 23.7 Å². The first-order chi connectivity index (χ1) is 13.5. The lowest BCUT2D eigenvalue weighted by Crippen LogP contribution is -2.24. The van der Waals surface area contributed by atoms with Gasteiger partial charge in [-0.15, -0.1) is 0 Å². The summed E-state index contributed by atoms with van der Waals surface area (Å²) in [5, 5.41) is 11.7. The molecule has 0 aliphatic rings. The normalized spacial score (nSPS) is 10.9. The molecular weight excluding hydrogens is 382 g/mol. The van der Waals surface area contributed by atoms with Crippen molar-refractivity contribution in [2.45, 2.75) is 4.90 Å². The molecule has 0 fully saturated rings. The Bertz CT molecular complexity index is 1180. The van der Waals surface area contributed by atoms with Crippen LogP contribution in [0.25, 0.3) is 10.9 Å². The van der Waals surface area contributed by atoms with Crippen LogP contribution in [0.2, 0.25) is 0 Å². The van der Waals surface area contributed by atoms with Gasteiger partial charge in [-0.05, 0) is 18.2 Å². The first kappa shape index (κ1) is 19.3. The molecule has 3 rings (SSSR count). The van der Waals surface area contributed by atoms with Crippen LogP contribution >= 0.6 is 0 Å². The number of hydrogen-bond acceptors (Lipinski definition) is 6. The van der Waals surface area contributed by atoms with Gasteiger partial charge in [-0.3, -0.25) is 15.1 Å². The number of non-ortho nitro benzene ring substituents is 1. The second-order valence-corrected chi connectivity index (χ2v) is 7.32. The molecule has 0 atom stereocenters. The number of rotatable bonds is 6. The van der Waals surface area contributed by atoms with E-state index in [1.165, 1.54) is 18.2 Å². The van der Waals surface area contributed by atoms with Crippen LogP contribution in [0.1, 0.15) is 0 Å². The van der Waals surface area contributed by atoms with Crippen LogP contribution < -0.4 is 9.46 Å². The summed E-state index contributed by atoms with van der Waals surface area (Å²) in [6.45, 7) is -0.0869. The lowest BCUT2D eigenvalue weighted by atomic mass is 10.2. The number of ether oxygens (including phenoxy) is 1. The molecule has 0 aliphatic heterocycles. The van der Waals surface area contributed by atoms with E-state index >= 15 is 0 Å². The summed E-state index contributed by atoms with van der Waals surface area (Å²) in [6, 6.07) is 14.1. The molecule has 3 aromatic rings. The van der Waals surface area contributed by atoms with Gasteiger partial charge in [-0.2, -0.15) is 4.72 Å². The van der Waals surface area contributed by atoms with E-state index in [2.05, 4.69) is 21.5 Å². The third-order valence-corrected chi connectivity index (χ3v) is 5.11. The number of fused-ring (bicyclic) bond motifs is 1. The predicted molar refractivity (Wildman–Crippen MR) is 103 cm³/mol. The van der Waals surface area contributed by atoms with Crippen LogP contribution in [0.3, 0.4) is 0 Å². The van der Waals surface area contributed by atoms with E-state index in [1.54, 1.807) is 12.3 Å². The zero-order valence-corrected chi connectivity index (χ0v) is 15.3. The molecule has 142 valence electrons. The Kier molecular flexibility index (Phi) is 5.84. The van der Waals surface area contributed by atoms with Gasteiger partial charge < -0.3 is 4.74 Å². The molecular formula is C19H15N3O5S. The minimum atomic E-state index is -3.89. The van der Waals surface area contributed by atoms with Crippen molar-refractivity contribution in [2.75, 3.05) is 13.2 Å². The van der Waals surface area contributed by atoms with Crippen LogP contribution in [0.5, 0.6) is 5.75 Å². The molecule has 1 N–H and O–H groups in total. The highest BCUT2D eigenvalue weighted by Crippen LogP contribution is 2.22. The van der Waals surface area contributed by atoms with Crippen LogP contribution in [0.4, 0.5) is 5.69 Å². The molecule has 28 heavy (non-hydrogen) atoms. The lowest BCUT2D eigenvalue weighted by molar-refractivity contribution is -0.385. The number of nitro groups is 1. The summed E-state index contributed by atoms with van der Waals surface area (Å²) in [5.74, 6) is 5.95. The van der Waals surface area contributed by atoms with Gasteiger partial charge in [0.15, 0.2) is 0 Å². The van der Waals surface area contributed by atoms with E-state index in [9.17, 15) is 18.5 Å². The molecule has 0 saturated heterocycles. The number of nitro benzene ring substituents is 1. The van der Waals surface area contributed by atoms with Crippen molar-refractivity contribution in [3.8, 4) is 17.6 Å². The standard InChI is InChI=1S/C19H15N3O5S/c23-22(24)16-8-4-9-17(14-16)28(25,26)21-12-1-2-13-27-18-10-3-6-15-7-5-11-20-19(15)18/h3-11,14,21H,12-13H2. The number of sulfonamides is 1. The maximum absolute atomic E-state index is 12.2. The van der Waals surface area contributed by atoms with Crippen LogP contribution in [0, 0.1) is 22.0 Å². The van der Waals surface area contributed by atoms with Crippen molar-refractivity contribution in [3.63, 3.8) is 0 Å². The van der Waals surface area contributed by atoms with Gasteiger partial charge >= 0.3 is 0 Å². The quantitative estimate of drug-likeness (QED) is 0.389. The van der Waals surface area contributed by atoms with Crippen LogP contribution in [-0.2, 0) is 10.0 Å². The average Bonchev–Trinajstić information content (AvgIpc) is 2.70. The Labute approximate surface area is 161 Å². The molecule has 1 aromatic heterocycles. The molecule has 8 nitrogen and oxygen atoms in total. The molecule has 0 aliphatic carbocycles. The number of benzene rings is 2. The van der Waals surface area contributed by atoms with E-state index < -0.39 is 14.9 Å². The van der Waals surface area contributed by atoms with Gasteiger partial charge in [0.2, 0.25) is 10.0 Å². The highest BCUT2D eigenvalue weighted by Gasteiger charge is 2.16. The summed E-state index contributed by atoms with van der Waals surface area (Å²) < 4.78 is 32.2. The Morgan fingerprint density at radius 2 is 1.89 bits per heavy atom. The van der Waals surface area contributed by atoms with Crippen molar-refractivity contribution in [2.24, 2.45) is 0 Å². The Hall–Kier alpha value is -3.48. The summed E-state index contributed by atoms with van der Waals surface area (Å²) in [5.41, 5.74) is 0.421. The third-order valence-electron chi connectivity index (χ3n) is 3.71. The monoisotopic (exact) mass is 397 g/mol. The fourth-order valence-corrected chi connectivity index (χ4v) is 3.36. The summed E-state index contributed by atoms with van der Waals surface area (Å²) in [4.78, 5) is 14.2. The minimum absolute atomic E-state index is 0.0637. The molecule has 0 amide bonds. The molecule has 0 bridgehead atoms. The molecule has 0 saturated carbocycles. The number of aromatic nitrogens is 1. The van der Waals surface area contributed by atoms with Gasteiger partial charge in [0.1, 0.15) is 17.9 Å². The summed E-state index contributed by atoms with van der Waals surface area (Å²) in [7, 11) is -3.89. The van der Waals surface area contributed by atoms with Gasteiger partial charge in [0.05, 0.1) is 16.4 Å². The zero-order chi connectivity index (χ0) is 20.0. The average molecular weight is 397 g/mol. The molecule has 0 radical (unpaired) electrons. The molecule has 1 heterocycles. The third kappa shape index (κ3) is 4.62. The van der Waals surface area contributed by atoms with Crippen molar-refractivity contribution in [1.29, 1.82) is 0 Å². The first-order valence-electron chi connectivity index (χ1n) is 8.14. The Morgan fingerprint density at radius 1 is 1.11 bits per heavy atom. The lowest BCUT2D eigenvalue weighted by Gasteiger charge is -2.05. The molecule has 0 unspecified atom stereocenters. The highest BCUT2D eigenvalue weighted by molar-refractivity contribution is 7.89. The minimum Gasteiger partial charge on any atom is -0.479 e. The predicted octanol–water partition coefficient (Wildman–Crippen LogP) is 2.50. The Balaban J connectivity index is 1.58. The summed E-state index contributed by atoms with van der Waals surface area (Å²) >= 11 is 0. The fourth-order valence-electron chi connectivity index (χ4n) is 2.40. The van der Waals surface area contributed by atoms with Crippen molar-refractivity contribution < 1.29 is 18.1 Å². The van der Waals surface area contributed by atoms with Gasteiger partial charge in [0.25, 0.3) is 5.69 Å². The van der Waals surface area contributed by atoms with Crippen molar-refractivity contribution in [3.05, 3.63) is 70.9 Å². The number of hydrogen-bond donors (Lipinski definition) is 1. The zero-order valence-electron chi connectivity index (χ0n) is 14.5. The number of para-hydroxylation sites is 1. The Morgan fingerprint density at radius 3 is 2.71 bits per heavy atom. The second kappa shape index (κ2) is 8.47. The fraction of sp³-hybridized carbons (Fsp3) is 0.105. The van der Waals surface area contributed by atoms with E-state index in [4.69, 9.17) is 4.74 Å². The van der Waals surface area contributed by atoms with E-state index in [0.29, 0.717) is 5.75 Å². The molecule has 9 heteroatoms. The smallest absolute Gasteiger partial charge is 0.270 e. The van der Waals surface area contributed by atoms with Crippen LogP contribution in [0.15, 0.2) is 65.7 Å². The molecule has 2 aromatic carbocycles. The summed E-state index contributed by atoms with van der Waals surface area (Å²) in [6.07, 6.45) is 1.67. The van der Waals surface area contributed by atoms with Gasteiger partial charge in [0, 0.05) is 23.7 Å². The number of nitrogens with one attached hydrogen (secondary N) is 1. The van der Waals surface area contributed by atoms with E-state index in [0.717, 1.165) is 17.0 Å². The first-order valence-corrected chi connectivity index (χ1v) is 9.62. The second-order valence-electron chi connectivity index (χ2n) is 5.55. The SMILES string of the molecule is O=[N+]([O-])c1cccc(S(=O)(=O)NCC#CCOc2cccc3cccnc23)c1. The van der Waals surface area contributed by atoms with Crippen LogP contribution in [-0.4, -0.2) is 31.5 Å². The van der Waals surface area contributed by atoms with Gasteiger partial charge in [-0.1, -0.05) is 36.1 Å². The van der Waals surface area contributed by atoms with Gasteiger partial charge in [-0.25, -0.2) is 8.42 Å². The highest BCUT2D eigenvalue weighted by atomic mass is 32.2. The number of pyridine rings is 1. The topological polar surface area (TPSA) is 111 Å².